The second kappa shape index (κ2) is 5.79. The summed E-state index contributed by atoms with van der Waals surface area (Å²) in [6, 6.07) is 6.90. The predicted octanol–water partition coefficient (Wildman–Crippen LogP) is 3.43. The maximum Gasteiger partial charge on any atom is 0.406 e. The number of benzene rings is 1. The minimum absolute atomic E-state index is 0.213. The number of amides is 1. The Morgan fingerprint density at radius 1 is 1.17 bits per heavy atom. The molecule has 1 unspecified atom stereocenters. The summed E-state index contributed by atoms with van der Waals surface area (Å²) < 4.78 is 39.5. The molecule has 1 N–H and O–H groups in total. The van der Waals surface area contributed by atoms with Crippen molar-refractivity contribution in [3.8, 4) is 0 Å². The SMILES string of the molecule is O=C(c1ccc(C2CCC2)cc1)N1CCC(C(=O)O)(C(F)(F)F)C1. The Balaban J connectivity index is 1.75. The number of carboxylic acids is 1. The third-order valence-corrected chi connectivity index (χ3v) is 5.24. The van der Waals surface area contributed by atoms with Gasteiger partial charge in [0.05, 0.1) is 0 Å². The number of hydrogen-bond acceptors (Lipinski definition) is 2. The van der Waals surface area contributed by atoms with Crippen LogP contribution in [0.4, 0.5) is 13.2 Å². The van der Waals surface area contributed by atoms with E-state index in [-0.39, 0.29) is 6.54 Å². The molecule has 3 rings (SSSR count). The first-order valence-corrected chi connectivity index (χ1v) is 7.94. The van der Waals surface area contributed by atoms with Crippen molar-refractivity contribution in [3.05, 3.63) is 35.4 Å². The van der Waals surface area contributed by atoms with Gasteiger partial charge >= 0.3 is 12.1 Å². The molecule has 0 aromatic heterocycles. The average molecular weight is 341 g/mol. The van der Waals surface area contributed by atoms with Crippen LogP contribution in [0.1, 0.15) is 47.5 Å². The summed E-state index contributed by atoms with van der Waals surface area (Å²) >= 11 is 0. The van der Waals surface area contributed by atoms with Crippen LogP contribution in [0.5, 0.6) is 0 Å². The molecule has 2 fully saturated rings. The van der Waals surface area contributed by atoms with Gasteiger partial charge < -0.3 is 10.0 Å². The van der Waals surface area contributed by atoms with Crippen LogP contribution in [0.2, 0.25) is 0 Å². The molecular weight excluding hydrogens is 323 g/mol. The van der Waals surface area contributed by atoms with Gasteiger partial charge in [-0.15, -0.1) is 0 Å². The van der Waals surface area contributed by atoms with E-state index in [0.29, 0.717) is 11.5 Å². The number of alkyl halides is 3. The van der Waals surface area contributed by atoms with Gasteiger partial charge in [-0.1, -0.05) is 18.6 Å². The summed E-state index contributed by atoms with van der Waals surface area (Å²) in [5, 5.41) is 9.04. The highest BCUT2D eigenvalue weighted by Crippen LogP contribution is 2.46. The van der Waals surface area contributed by atoms with Crippen molar-refractivity contribution in [3.63, 3.8) is 0 Å². The molecule has 1 saturated heterocycles. The topological polar surface area (TPSA) is 57.6 Å². The van der Waals surface area contributed by atoms with Crippen LogP contribution in [0.25, 0.3) is 0 Å². The first kappa shape index (κ1) is 16.8. The lowest BCUT2D eigenvalue weighted by molar-refractivity contribution is -0.227. The molecule has 1 saturated carbocycles. The Bertz CT molecular complexity index is 652. The number of likely N-dealkylation sites (tertiary alicyclic amines) is 1. The number of carbonyl (C=O) groups is 2. The van der Waals surface area contributed by atoms with Gasteiger partial charge in [-0.3, -0.25) is 9.59 Å². The zero-order chi connectivity index (χ0) is 17.5. The minimum atomic E-state index is -4.89. The molecule has 1 aromatic rings. The smallest absolute Gasteiger partial charge is 0.406 e. The fourth-order valence-electron chi connectivity index (χ4n) is 3.33. The lowest BCUT2D eigenvalue weighted by atomic mass is 9.80. The first-order chi connectivity index (χ1) is 11.2. The molecule has 1 amide bonds. The maximum absolute atomic E-state index is 13.2. The summed E-state index contributed by atoms with van der Waals surface area (Å²) in [4.78, 5) is 24.6. The molecule has 1 heterocycles. The summed E-state index contributed by atoms with van der Waals surface area (Å²) in [7, 11) is 0. The highest BCUT2D eigenvalue weighted by atomic mass is 19.4. The van der Waals surface area contributed by atoms with Crippen molar-refractivity contribution in [2.24, 2.45) is 5.41 Å². The van der Waals surface area contributed by atoms with Crippen molar-refractivity contribution in [2.45, 2.75) is 37.8 Å². The van der Waals surface area contributed by atoms with Crippen LogP contribution in [0, 0.1) is 5.41 Å². The second-order valence-electron chi connectivity index (χ2n) is 6.61. The Morgan fingerprint density at radius 3 is 2.21 bits per heavy atom. The molecule has 1 atom stereocenters. The molecule has 130 valence electrons. The van der Waals surface area contributed by atoms with Crippen molar-refractivity contribution in [1.82, 2.24) is 4.90 Å². The van der Waals surface area contributed by atoms with Crippen molar-refractivity contribution in [2.75, 3.05) is 13.1 Å². The molecule has 4 nitrogen and oxygen atoms in total. The Labute approximate surface area is 137 Å². The van der Waals surface area contributed by atoms with E-state index in [1.165, 1.54) is 6.42 Å². The third kappa shape index (κ3) is 2.65. The molecule has 1 aliphatic carbocycles. The number of aliphatic carboxylic acids is 1. The van der Waals surface area contributed by atoms with Crippen LogP contribution in [0.3, 0.4) is 0 Å². The Kier molecular flexibility index (Phi) is 4.05. The van der Waals surface area contributed by atoms with Gasteiger partial charge in [0, 0.05) is 18.7 Å². The van der Waals surface area contributed by atoms with Gasteiger partial charge in [-0.2, -0.15) is 13.2 Å². The number of halogens is 3. The Morgan fingerprint density at radius 2 is 1.79 bits per heavy atom. The molecule has 7 heteroatoms. The van der Waals surface area contributed by atoms with E-state index in [2.05, 4.69) is 0 Å². The number of carbonyl (C=O) groups excluding carboxylic acids is 1. The normalized spacial score (nSPS) is 24.7. The van der Waals surface area contributed by atoms with Crippen LogP contribution in [-0.2, 0) is 4.79 Å². The first-order valence-electron chi connectivity index (χ1n) is 7.94. The van der Waals surface area contributed by atoms with Crippen LogP contribution in [0.15, 0.2) is 24.3 Å². The molecule has 0 radical (unpaired) electrons. The van der Waals surface area contributed by atoms with E-state index in [1.54, 1.807) is 12.1 Å². The number of carboxylic acid groups (broad SMARTS) is 1. The molecule has 24 heavy (non-hydrogen) atoms. The second-order valence-corrected chi connectivity index (χ2v) is 6.61. The predicted molar refractivity (Wildman–Crippen MR) is 79.7 cm³/mol. The van der Waals surface area contributed by atoms with E-state index in [1.807, 2.05) is 12.1 Å². The quantitative estimate of drug-likeness (QED) is 0.916. The number of nitrogens with zero attached hydrogens (tertiary/aromatic N) is 1. The van der Waals surface area contributed by atoms with Gasteiger partial charge in [-0.25, -0.2) is 0 Å². The van der Waals surface area contributed by atoms with Gasteiger partial charge in [0.15, 0.2) is 5.41 Å². The zero-order valence-corrected chi connectivity index (χ0v) is 13.0. The van der Waals surface area contributed by atoms with Crippen molar-refractivity contribution >= 4 is 11.9 Å². The van der Waals surface area contributed by atoms with Gasteiger partial charge in [-0.05, 0) is 42.9 Å². The maximum atomic E-state index is 13.2. The summed E-state index contributed by atoms with van der Waals surface area (Å²) in [5.74, 6) is -1.97. The Hall–Kier alpha value is -2.05. The monoisotopic (exact) mass is 341 g/mol. The summed E-state index contributed by atoms with van der Waals surface area (Å²) in [5.41, 5.74) is -1.44. The van der Waals surface area contributed by atoms with E-state index >= 15 is 0 Å². The van der Waals surface area contributed by atoms with Gasteiger partial charge in [0.1, 0.15) is 0 Å². The van der Waals surface area contributed by atoms with Crippen LogP contribution < -0.4 is 0 Å². The molecule has 1 aromatic carbocycles. The highest BCUT2D eigenvalue weighted by Gasteiger charge is 2.64. The lowest BCUT2D eigenvalue weighted by Crippen LogP contribution is -2.47. The molecule has 2 aliphatic rings. The summed E-state index contributed by atoms with van der Waals surface area (Å²) in [6.45, 7) is -1.05. The van der Waals surface area contributed by atoms with Crippen LogP contribution >= 0.6 is 0 Å². The standard InChI is InChI=1S/C17H18F3NO3/c18-17(19,20)16(15(23)24)8-9-21(10-16)14(22)13-6-4-12(5-7-13)11-2-1-3-11/h4-7,11H,1-3,8-10H2,(H,23,24). The zero-order valence-electron chi connectivity index (χ0n) is 13.0. The molecule has 0 spiro atoms. The minimum Gasteiger partial charge on any atom is -0.481 e. The number of rotatable bonds is 3. The third-order valence-electron chi connectivity index (χ3n) is 5.24. The van der Waals surface area contributed by atoms with E-state index in [4.69, 9.17) is 5.11 Å². The van der Waals surface area contributed by atoms with Gasteiger partial charge in [0.25, 0.3) is 5.91 Å². The molecular formula is C17H18F3NO3. The lowest BCUT2D eigenvalue weighted by Gasteiger charge is -2.27. The van der Waals surface area contributed by atoms with Crippen LogP contribution in [-0.4, -0.2) is 41.1 Å². The summed E-state index contributed by atoms with van der Waals surface area (Å²) in [6.07, 6.45) is -2.08. The van der Waals surface area contributed by atoms with E-state index in [9.17, 15) is 22.8 Å². The fraction of sp³-hybridized carbons (Fsp3) is 0.529. The average Bonchev–Trinajstić information content (AvgIpc) is 2.92. The largest absolute Gasteiger partial charge is 0.481 e. The van der Waals surface area contributed by atoms with E-state index < -0.39 is 36.4 Å². The van der Waals surface area contributed by atoms with Crippen molar-refractivity contribution in [1.29, 1.82) is 0 Å². The number of hydrogen-bond donors (Lipinski definition) is 1. The fourth-order valence-corrected chi connectivity index (χ4v) is 3.33. The molecule has 0 bridgehead atoms. The van der Waals surface area contributed by atoms with Gasteiger partial charge in [0.2, 0.25) is 0 Å². The highest BCUT2D eigenvalue weighted by molar-refractivity contribution is 5.95. The van der Waals surface area contributed by atoms with E-state index in [0.717, 1.165) is 23.3 Å². The van der Waals surface area contributed by atoms with Crippen molar-refractivity contribution < 1.29 is 27.9 Å². The molecule has 1 aliphatic heterocycles.